The molecule has 2 saturated heterocycles. The molecule has 2 fully saturated rings. The molecular formula is C16H22N3O3+. The van der Waals surface area contributed by atoms with Crippen LogP contribution in [-0.2, 0) is 9.53 Å². The van der Waals surface area contributed by atoms with Crippen LogP contribution in [0.3, 0.4) is 0 Å². The predicted octanol–water partition coefficient (Wildman–Crippen LogP) is 0.0247. The molecule has 2 heterocycles. The number of anilines is 1. The van der Waals surface area contributed by atoms with Crippen molar-refractivity contribution in [3.05, 3.63) is 29.8 Å². The molecule has 1 atom stereocenters. The minimum absolute atomic E-state index is 0.121. The predicted molar refractivity (Wildman–Crippen MR) is 81.7 cm³/mol. The van der Waals surface area contributed by atoms with Crippen molar-refractivity contribution in [3.8, 4) is 0 Å². The first kappa shape index (κ1) is 15.0. The fourth-order valence-electron chi connectivity index (χ4n) is 2.95. The number of amides is 3. The second-order valence-electron chi connectivity index (χ2n) is 5.95. The van der Waals surface area contributed by atoms with Crippen LogP contribution in [0.25, 0.3) is 0 Å². The Morgan fingerprint density at radius 1 is 1.18 bits per heavy atom. The molecule has 0 radical (unpaired) electrons. The van der Waals surface area contributed by atoms with E-state index in [1.54, 1.807) is 11.8 Å². The van der Waals surface area contributed by atoms with E-state index in [0.29, 0.717) is 19.9 Å². The molecule has 0 unspecified atom stereocenters. The first-order chi connectivity index (χ1) is 10.6. The van der Waals surface area contributed by atoms with Gasteiger partial charge in [0, 0.05) is 5.69 Å². The number of hydrogen-bond acceptors (Lipinski definition) is 3. The van der Waals surface area contributed by atoms with E-state index < -0.39 is 6.04 Å². The van der Waals surface area contributed by atoms with Crippen LogP contribution in [0.2, 0.25) is 0 Å². The number of morpholine rings is 1. The lowest BCUT2D eigenvalue weighted by Crippen LogP contribution is -3.15. The smallest absolute Gasteiger partial charge is 0.336 e. The van der Waals surface area contributed by atoms with Gasteiger partial charge in [0.05, 0.1) is 13.2 Å². The zero-order valence-corrected chi connectivity index (χ0v) is 13.0. The van der Waals surface area contributed by atoms with Crippen LogP contribution in [0.15, 0.2) is 24.3 Å². The second-order valence-corrected chi connectivity index (χ2v) is 5.95. The summed E-state index contributed by atoms with van der Waals surface area (Å²) in [6.45, 7) is 7.23. The molecule has 0 bridgehead atoms. The minimum atomic E-state index is -0.448. The molecule has 22 heavy (non-hydrogen) atoms. The van der Waals surface area contributed by atoms with Crippen LogP contribution in [0, 0.1) is 6.92 Å². The van der Waals surface area contributed by atoms with Gasteiger partial charge < -0.3 is 9.64 Å². The maximum Gasteiger partial charge on any atom is 0.336 e. The van der Waals surface area contributed by atoms with Crippen molar-refractivity contribution in [2.75, 3.05) is 37.9 Å². The second kappa shape index (κ2) is 6.06. The quantitative estimate of drug-likeness (QED) is 0.801. The summed E-state index contributed by atoms with van der Waals surface area (Å²) >= 11 is 0. The van der Waals surface area contributed by atoms with E-state index in [9.17, 15) is 9.59 Å². The summed E-state index contributed by atoms with van der Waals surface area (Å²) < 4.78 is 5.32. The number of quaternary nitrogens is 1. The summed E-state index contributed by atoms with van der Waals surface area (Å²) in [5.41, 5.74) is 1.90. The Balaban J connectivity index is 1.77. The van der Waals surface area contributed by atoms with Gasteiger partial charge in [-0.3, -0.25) is 9.69 Å². The molecule has 2 aliphatic rings. The van der Waals surface area contributed by atoms with E-state index in [-0.39, 0.29) is 11.9 Å². The lowest BCUT2D eigenvalue weighted by molar-refractivity contribution is -0.915. The summed E-state index contributed by atoms with van der Waals surface area (Å²) in [6, 6.07) is 7.02. The van der Waals surface area contributed by atoms with Crippen LogP contribution >= 0.6 is 0 Å². The fourth-order valence-corrected chi connectivity index (χ4v) is 2.95. The average Bonchev–Trinajstić information content (AvgIpc) is 2.73. The molecule has 0 aliphatic carbocycles. The Labute approximate surface area is 130 Å². The van der Waals surface area contributed by atoms with Crippen molar-refractivity contribution in [2.24, 2.45) is 0 Å². The third kappa shape index (κ3) is 2.71. The van der Waals surface area contributed by atoms with Crippen LogP contribution in [0.1, 0.15) is 12.5 Å². The normalized spacial score (nSPS) is 23.5. The lowest BCUT2D eigenvalue weighted by atomic mass is 10.2. The van der Waals surface area contributed by atoms with Crippen molar-refractivity contribution in [3.63, 3.8) is 0 Å². The molecule has 0 spiro atoms. The molecular weight excluding hydrogens is 282 g/mol. The number of ether oxygens (including phenoxy) is 1. The number of aryl methyl sites for hydroxylation is 1. The van der Waals surface area contributed by atoms with Gasteiger partial charge in [0.2, 0.25) is 0 Å². The lowest BCUT2D eigenvalue weighted by Gasteiger charge is -2.26. The van der Waals surface area contributed by atoms with Gasteiger partial charge in [-0.05, 0) is 26.0 Å². The highest BCUT2D eigenvalue weighted by Crippen LogP contribution is 2.25. The molecule has 118 valence electrons. The molecule has 3 rings (SSSR count). The summed E-state index contributed by atoms with van der Waals surface area (Å²) in [4.78, 5) is 29.3. The Kier molecular flexibility index (Phi) is 4.13. The fraction of sp³-hybridized carbons (Fsp3) is 0.500. The number of rotatable bonds is 3. The van der Waals surface area contributed by atoms with Crippen LogP contribution < -0.4 is 9.80 Å². The van der Waals surface area contributed by atoms with E-state index in [1.165, 1.54) is 9.80 Å². The topological polar surface area (TPSA) is 54.3 Å². The van der Waals surface area contributed by atoms with Crippen molar-refractivity contribution < 1.29 is 19.2 Å². The Morgan fingerprint density at radius 2 is 1.82 bits per heavy atom. The molecule has 0 saturated carbocycles. The average molecular weight is 304 g/mol. The Morgan fingerprint density at radius 3 is 2.45 bits per heavy atom. The van der Waals surface area contributed by atoms with Gasteiger partial charge in [-0.25, -0.2) is 9.69 Å². The summed E-state index contributed by atoms with van der Waals surface area (Å²) in [7, 11) is 0. The molecule has 1 aromatic carbocycles. The standard InChI is InChI=1S/C16H21N3O3/c1-12-3-5-14(6-4-12)19-13(2)15(20)18(16(19)21)11-17-7-9-22-10-8-17/h3-6,13H,7-11H2,1-2H3/p+1/t13-/m1/s1. The van der Waals surface area contributed by atoms with Gasteiger partial charge >= 0.3 is 6.03 Å². The Hall–Kier alpha value is -1.92. The SMILES string of the molecule is Cc1ccc(N2C(=O)N(C[NH+]3CCOCC3)C(=O)[C@H]2C)cc1. The number of carbonyl (C=O) groups is 2. The Bertz CT molecular complexity index is 567. The highest BCUT2D eigenvalue weighted by Gasteiger charge is 2.45. The first-order valence-electron chi connectivity index (χ1n) is 7.70. The number of nitrogens with zero attached hydrogens (tertiary/aromatic N) is 2. The van der Waals surface area contributed by atoms with Gasteiger partial charge in [0.15, 0.2) is 6.67 Å². The molecule has 2 aliphatic heterocycles. The molecule has 3 amide bonds. The van der Waals surface area contributed by atoms with E-state index in [4.69, 9.17) is 4.74 Å². The zero-order valence-electron chi connectivity index (χ0n) is 13.0. The maximum absolute atomic E-state index is 12.7. The number of carbonyl (C=O) groups excluding carboxylic acids is 2. The van der Waals surface area contributed by atoms with Crippen molar-refractivity contribution in [1.29, 1.82) is 0 Å². The number of benzene rings is 1. The number of hydrogen-bond donors (Lipinski definition) is 1. The maximum atomic E-state index is 12.7. The van der Waals surface area contributed by atoms with E-state index in [0.717, 1.165) is 24.3 Å². The summed E-state index contributed by atoms with van der Waals surface area (Å²) in [5, 5.41) is 0. The van der Waals surface area contributed by atoms with Crippen molar-refractivity contribution >= 4 is 17.6 Å². The van der Waals surface area contributed by atoms with E-state index >= 15 is 0 Å². The molecule has 6 heteroatoms. The third-order valence-corrected chi connectivity index (χ3v) is 4.34. The molecule has 0 aromatic heterocycles. The minimum Gasteiger partial charge on any atom is -0.370 e. The van der Waals surface area contributed by atoms with Gasteiger partial charge in [-0.15, -0.1) is 0 Å². The van der Waals surface area contributed by atoms with Crippen LogP contribution in [0.5, 0.6) is 0 Å². The summed E-state index contributed by atoms with van der Waals surface area (Å²) in [6.07, 6.45) is 0. The number of urea groups is 1. The molecule has 1 N–H and O–H groups in total. The van der Waals surface area contributed by atoms with E-state index in [2.05, 4.69) is 0 Å². The largest absolute Gasteiger partial charge is 0.370 e. The van der Waals surface area contributed by atoms with Gasteiger partial charge in [-0.2, -0.15) is 0 Å². The van der Waals surface area contributed by atoms with Crippen LogP contribution in [0.4, 0.5) is 10.5 Å². The number of nitrogens with one attached hydrogen (secondary N) is 1. The zero-order chi connectivity index (χ0) is 15.7. The molecule has 6 nitrogen and oxygen atoms in total. The molecule has 1 aromatic rings. The van der Waals surface area contributed by atoms with E-state index in [1.807, 2.05) is 31.2 Å². The third-order valence-electron chi connectivity index (χ3n) is 4.34. The van der Waals surface area contributed by atoms with Gasteiger partial charge in [0.1, 0.15) is 19.1 Å². The van der Waals surface area contributed by atoms with Gasteiger partial charge in [-0.1, -0.05) is 17.7 Å². The van der Waals surface area contributed by atoms with Crippen molar-refractivity contribution in [2.45, 2.75) is 19.9 Å². The number of imide groups is 1. The highest BCUT2D eigenvalue weighted by atomic mass is 16.5. The van der Waals surface area contributed by atoms with Gasteiger partial charge in [0.25, 0.3) is 5.91 Å². The summed E-state index contributed by atoms with van der Waals surface area (Å²) in [5.74, 6) is -0.121. The monoisotopic (exact) mass is 304 g/mol. The van der Waals surface area contributed by atoms with Crippen molar-refractivity contribution in [1.82, 2.24) is 4.90 Å². The first-order valence-corrected chi connectivity index (χ1v) is 7.70. The van der Waals surface area contributed by atoms with Crippen LogP contribution in [-0.4, -0.2) is 55.9 Å². The highest BCUT2D eigenvalue weighted by molar-refractivity contribution is 6.13.